The van der Waals surface area contributed by atoms with Gasteiger partial charge in [-0.05, 0) is 42.0 Å². The lowest BCUT2D eigenvalue weighted by molar-refractivity contribution is 1.10. The van der Waals surface area contributed by atoms with Gasteiger partial charge in [-0.2, -0.15) is 0 Å². The Balaban J connectivity index is 2.62. The average Bonchev–Trinajstić information content (AvgIpc) is 2.27. The number of allylic oxidation sites excluding steroid dienone is 4. The van der Waals surface area contributed by atoms with Crippen molar-refractivity contribution in [2.75, 3.05) is 0 Å². The maximum Gasteiger partial charge on any atom is -0.00879 e. The molecule has 0 bridgehead atoms. The van der Waals surface area contributed by atoms with Crippen LogP contribution in [-0.4, -0.2) is 0 Å². The van der Waals surface area contributed by atoms with E-state index in [1.54, 1.807) is 0 Å². The number of fused-ring (bicyclic) bond motifs is 1. The van der Waals surface area contributed by atoms with Crippen molar-refractivity contribution < 1.29 is 0 Å². The van der Waals surface area contributed by atoms with Gasteiger partial charge in [0.2, 0.25) is 0 Å². The van der Waals surface area contributed by atoms with Crippen LogP contribution in [0.1, 0.15) is 30.5 Å². The summed E-state index contributed by atoms with van der Waals surface area (Å²) >= 11 is 0. The number of hydrogen-bond donors (Lipinski definition) is 0. The number of benzene rings is 1. The first-order valence-electron chi connectivity index (χ1n) is 5.30. The van der Waals surface area contributed by atoms with Crippen molar-refractivity contribution in [2.45, 2.75) is 26.7 Å². The molecule has 0 aliphatic heterocycles. The molecular formula is C14H16. The highest BCUT2D eigenvalue weighted by Gasteiger charge is 2.11. The number of rotatable bonds is 1. The van der Waals surface area contributed by atoms with Crippen LogP contribution in [0.3, 0.4) is 0 Å². The predicted octanol–water partition coefficient (Wildman–Crippen LogP) is 3.76. The Kier molecular flexibility index (Phi) is 2.53. The molecule has 0 saturated carbocycles. The second-order valence-corrected chi connectivity index (χ2v) is 3.66. The molecule has 0 unspecified atom stereocenters. The van der Waals surface area contributed by atoms with E-state index in [1.165, 1.54) is 22.3 Å². The third kappa shape index (κ3) is 1.41. The smallest absolute Gasteiger partial charge is 0.00879 e. The molecule has 0 aromatic heterocycles. The minimum atomic E-state index is 1.08. The van der Waals surface area contributed by atoms with E-state index in [4.69, 9.17) is 0 Å². The lowest BCUT2D eigenvalue weighted by atomic mass is 9.87. The van der Waals surface area contributed by atoms with Gasteiger partial charge in [0, 0.05) is 0 Å². The zero-order chi connectivity index (χ0) is 9.97. The molecule has 1 aromatic carbocycles. The Morgan fingerprint density at radius 3 is 2.93 bits per heavy atom. The Bertz CT molecular complexity index is 394. The van der Waals surface area contributed by atoms with Crippen molar-refractivity contribution in [2.24, 2.45) is 0 Å². The van der Waals surface area contributed by atoms with Crippen LogP contribution in [-0.2, 0) is 12.8 Å². The van der Waals surface area contributed by atoms with Gasteiger partial charge in [-0.1, -0.05) is 43.4 Å². The quantitative estimate of drug-likeness (QED) is 0.623. The van der Waals surface area contributed by atoms with E-state index >= 15 is 0 Å². The molecule has 72 valence electrons. The Labute approximate surface area is 86.0 Å². The molecule has 0 fully saturated rings. The molecule has 0 spiro atoms. The monoisotopic (exact) mass is 184 g/mol. The lowest BCUT2D eigenvalue weighted by Gasteiger charge is -2.17. The van der Waals surface area contributed by atoms with Crippen LogP contribution in [0, 0.1) is 0 Å². The molecule has 0 heteroatoms. The molecule has 0 N–H and O–H groups in total. The minimum Gasteiger partial charge on any atom is -0.0798 e. The van der Waals surface area contributed by atoms with Crippen LogP contribution in [0.5, 0.6) is 0 Å². The van der Waals surface area contributed by atoms with Crippen LogP contribution >= 0.6 is 0 Å². The Morgan fingerprint density at radius 2 is 2.21 bits per heavy atom. The zero-order valence-corrected chi connectivity index (χ0v) is 8.88. The van der Waals surface area contributed by atoms with E-state index in [0.717, 1.165) is 12.8 Å². The summed E-state index contributed by atoms with van der Waals surface area (Å²) in [6.07, 6.45) is 8.89. The molecule has 14 heavy (non-hydrogen) atoms. The molecule has 0 nitrogen and oxygen atoms in total. The van der Waals surface area contributed by atoms with Crippen molar-refractivity contribution in [3.8, 4) is 0 Å². The summed E-state index contributed by atoms with van der Waals surface area (Å²) in [5, 5.41) is 0. The highest BCUT2D eigenvalue weighted by molar-refractivity contribution is 5.79. The van der Waals surface area contributed by atoms with Gasteiger partial charge in [-0.15, -0.1) is 0 Å². The van der Waals surface area contributed by atoms with E-state index in [9.17, 15) is 0 Å². The largest absolute Gasteiger partial charge is 0.0798 e. The molecule has 1 aromatic rings. The highest BCUT2D eigenvalue weighted by Crippen LogP contribution is 2.29. The first kappa shape index (κ1) is 9.26. The second kappa shape index (κ2) is 3.83. The summed E-state index contributed by atoms with van der Waals surface area (Å²) in [6, 6.07) is 6.65. The Hall–Kier alpha value is -1.30. The summed E-state index contributed by atoms with van der Waals surface area (Å²) in [7, 11) is 0. The van der Waals surface area contributed by atoms with Crippen molar-refractivity contribution in [3.05, 3.63) is 53.1 Å². The van der Waals surface area contributed by atoms with Gasteiger partial charge in [0.1, 0.15) is 0 Å². The van der Waals surface area contributed by atoms with E-state index in [2.05, 4.69) is 50.3 Å². The van der Waals surface area contributed by atoms with E-state index in [-0.39, 0.29) is 0 Å². The summed E-state index contributed by atoms with van der Waals surface area (Å²) in [5.74, 6) is 0. The lowest BCUT2D eigenvalue weighted by Crippen LogP contribution is -2.00. The molecule has 0 radical (unpaired) electrons. The van der Waals surface area contributed by atoms with Gasteiger partial charge < -0.3 is 0 Å². The predicted molar refractivity (Wildman–Crippen MR) is 62.3 cm³/mol. The maximum atomic E-state index is 2.25. The summed E-state index contributed by atoms with van der Waals surface area (Å²) in [5.41, 5.74) is 5.80. The fourth-order valence-corrected chi connectivity index (χ4v) is 2.13. The molecule has 0 atom stereocenters. The third-order valence-corrected chi connectivity index (χ3v) is 2.85. The van der Waals surface area contributed by atoms with Crippen molar-refractivity contribution in [1.29, 1.82) is 0 Å². The SMILES string of the molecule is C/C=C1/C=CCc2cccc(CC)c21. The maximum absolute atomic E-state index is 2.25. The van der Waals surface area contributed by atoms with Crippen LogP contribution in [0.25, 0.3) is 5.57 Å². The Morgan fingerprint density at radius 1 is 1.36 bits per heavy atom. The van der Waals surface area contributed by atoms with Crippen LogP contribution in [0.4, 0.5) is 0 Å². The molecule has 2 rings (SSSR count). The molecular weight excluding hydrogens is 168 g/mol. The number of hydrogen-bond acceptors (Lipinski definition) is 0. The van der Waals surface area contributed by atoms with E-state index < -0.39 is 0 Å². The fraction of sp³-hybridized carbons (Fsp3) is 0.286. The van der Waals surface area contributed by atoms with E-state index in [0.29, 0.717) is 0 Å². The number of aryl methyl sites for hydroxylation is 1. The van der Waals surface area contributed by atoms with Gasteiger partial charge >= 0.3 is 0 Å². The van der Waals surface area contributed by atoms with Gasteiger partial charge in [0.25, 0.3) is 0 Å². The minimum absolute atomic E-state index is 1.08. The third-order valence-electron chi connectivity index (χ3n) is 2.85. The summed E-state index contributed by atoms with van der Waals surface area (Å²) in [6.45, 7) is 4.34. The fourth-order valence-electron chi connectivity index (χ4n) is 2.13. The summed E-state index contributed by atoms with van der Waals surface area (Å²) in [4.78, 5) is 0. The molecule has 0 heterocycles. The van der Waals surface area contributed by atoms with Gasteiger partial charge in [-0.3, -0.25) is 0 Å². The van der Waals surface area contributed by atoms with Crippen molar-refractivity contribution in [3.63, 3.8) is 0 Å². The zero-order valence-electron chi connectivity index (χ0n) is 8.88. The molecule has 1 aliphatic carbocycles. The molecule has 1 aliphatic rings. The topological polar surface area (TPSA) is 0 Å². The normalized spacial score (nSPS) is 17.1. The van der Waals surface area contributed by atoms with Gasteiger partial charge in [0.15, 0.2) is 0 Å². The van der Waals surface area contributed by atoms with Crippen LogP contribution in [0.15, 0.2) is 36.4 Å². The molecule has 0 amide bonds. The van der Waals surface area contributed by atoms with E-state index in [1.807, 2.05) is 0 Å². The second-order valence-electron chi connectivity index (χ2n) is 3.66. The van der Waals surface area contributed by atoms with Gasteiger partial charge in [0.05, 0.1) is 0 Å². The highest BCUT2D eigenvalue weighted by atomic mass is 14.2. The standard InChI is InChI=1S/C14H16/c1-3-11-7-5-9-13-10-6-8-12(4-2)14(11)13/h3,5-8,10H,4,9H2,1-2H3/b11-3-. The van der Waals surface area contributed by atoms with Gasteiger partial charge in [-0.25, -0.2) is 0 Å². The molecule has 0 saturated heterocycles. The summed E-state index contributed by atoms with van der Waals surface area (Å²) < 4.78 is 0. The van der Waals surface area contributed by atoms with Crippen LogP contribution < -0.4 is 0 Å². The first-order chi connectivity index (χ1) is 6.86. The van der Waals surface area contributed by atoms with Crippen LogP contribution in [0.2, 0.25) is 0 Å². The average molecular weight is 184 g/mol. The van der Waals surface area contributed by atoms with Crippen molar-refractivity contribution in [1.82, 2.24) is 0 Å². The first-order valence-corrected chi connectivity index (χ1v) is 5.30. The van der Waals surface area contributed by atoms with Crippen molar-refractivity contribution >= 4 is 5.57 Å².